The van der Waals surface area contributed by atoms with Crippen LogP contribution < -0.4 is 10.6 Å². The Morgan fingerprint density at radius 3 is 3.06 bits per heavy atom. The van der Waals surface area contributed by atoms with E-state index in [1.54, 1.807) is 6.07 Å². The number of aromatic nitrogens is 1. The number of pyridine rings is 1. The maximum absolute atomic E-state index is 11.6. The molecule has 1 aromatic rings. The van der Waals surface area contributed by atoms with Crippen LogP contribution in [-0.4, -0.2) is 30.3 Å². The van der Waals surface area contributed by atoms with E-state index in [1.807, 2.05) is 13.0 Å². The monoisotopic (exact) mass is 299 g/mol. The molecule has 1 aliphatic rings. The Labute approximate surface area is 108 Å². The van der Waals surface area contributed by atoms with Gasteiger partial charge in [0.1, 0.15) is 5.82 Å². The lowest BCUT2D eigenvalue weighted by Gasteiger charge is -2.11. The molecule has 2 N–H and O–H groups in total. The zero-order valence-corrected chi connectivity index (χ0v) is 11.1. The van der Waals surface area contributed by atoms with E-state index < -0.39 is 0 Å². The van der Waals surface area contributed by atoms with Crippen LogP contribution in [-0.2, 0) is 4.74 Å². The largest absolute Gasteiger partial charge is 0.379 e. The van der Waals surface area contributed by atoms with Gasteiger partial charge in [-0.05, 0) is 41.4 Å². The molecule has 2 rings (SSSR count). The number of hydrogen-bond donors (Lipinski definition) is 2. The summed E-state index contributed by atoms with van der Waals surface area (Å²) < 4.78 is 6.10. The number of nitrogens with zero attached hydrogens (tertiary/aromatic N) is 1. The van der Waals surface area contributed by atoms with Crippen molar-refractivity contribution in [1.29, 1.82) is 0 Å². The van der Waals surface area contributed by atoms with Gasteiger partial charge in [0.25, 0.3) is 0 Å². The van der Waals surface area contributed by atoms with Gasteiger partial charge in [0.2, 0.25) is 0 Å². The molecule has 1 aliphatic heterocycles. The molecule has 1 atom stereocenters. The number of amides is 2. The number of hydrogen-bond acceptors (Lipinski definition) is 3. The Morgan fingerprint density at radius 2 is 2.41 bits per heavy atom. The SMILES string of the molecule is Cc1nc(NC(=O)NC2CCOC2)ccc1Br. The molecule has 0 aliphatic carbocycles. The van der Waals surface area contributed by atoms with Gasteiger partial charge in [-0.15, -0.1) is 0 Å². The van der Waals surface area contributed by atoms with E-state index >= 15 is 0 Å². The van der Waals surface area contributed by atoms with Crippen LogP contribution in [0.1, 0.15) is 12.1 Å². The summed E-state index contributed by atoms with van der Waals surface area (Å²) in [4.78, 5) is 15.9. The third-order valence-corrected chi connectivity index (χ3v) is 3.37. The second-order valence-electron chi connectivity index (χ2n) is 3.92. The summed E-state index contributed by atoms with van der Waals surface area (Å²) in [6.07, 6.45) is 0.861. The second-order valence-corrected chi connectivity index (χ2v) is 4.78. The van der Waals surface area contributed by atoms with Crippen LogP contribution in [0, 0.1) is 6.92 Å². The lowest BCUT2D eigenvalue weighted by atomic mass is 10.3. The average Bonchev–Trinajstić information content (AvgIpc) is 2.76. The van der Waals surface area contributed by atoms with Crippen LogP contribution in [0.4, 0.5) is 10.6 Å². The number of carbonyl (C=O) groups is 1. The van der Waals surface area contributed by atoms with Gasteiger partial charge in [-0.1, -0.05) is 0 Å². The number of halogens is 1. The summed E-state index contributed by atoms with van der Waals surface area (Å²) in [6.45, 7) is 3.17. The van der Waals surface area contributed by atoms with Crippen molar-refractivity contribution in [3.05, 3.63) is 22.3 Å². The minimum absolute atomic E-state index is 0.103. The van der Waals surface area contributed by atoms with Gasteiger partial charge >= 0.3 is 6.03 Å². The van der Waals surface area contributed by atoms with Crippen molar-refractivity contribution in [3.63, 3.8) is 0 Å². The third kappa shape index (κ3) is 3.41. The van der Waals surface area contributed by atoms with Crippen molar-refractivity contribution in [2.75, 3.05) is 18.5 Å². The van der Waals surface area contributed by atoms with E-state index in [9.17, 15) is 4.79 Å². The Balaban J connectivity index is 1.90. The van der Waals surface area contributed by atoms with Gasteiger partial charge in [0.15, 0.2) is 0 Å². The smallest absolute Gasteiger partial charge is 0.320 e. The number of rotatable bonds is 2. The summed E-state index contributed by atoms with van der Waals surface area (Å²) in [5.41, 5.74) is 0.840. The summed E-state index contributed by atoms with van der Waals surface area (Å²) in [6, 6.07) is 3.47. The van der Waals surface area contributed by atoms with Crippen LogP contribution in [0.3, 0.4) is 0 Å². The zero-order valence-electron chi connectivity index (χ0n) is 9.50. The molecule has 17 heavy (non-hydrogen) atoms. The molecule has 0 aromatic carbocycles. The fraction of sp³-hybridized carbons (Fsp3) is 0.455. The van der Waals surface area contributed by atoms with E-state index in [0.29, 0.717) is 19.0 Å². The Morgan fingerprint density at radius 1 is 1.59 bits per heavy atom. The van der Waals surface area contributed by atoms with Gasteiger partial charge < -0.3 is 10.1 Å². The Hall–Kier alpha value is -1.14. The average molecular weight is 300 g/mol. The first-order valence-corrected chi connectivity index (χ1v) is 6.23. The minimum atomic E-state index is -0.241. The van der Waals surface area contributed by atoms with Crippen molar-refractivity contribution < 1.29 is 9.53 Å². The van der Waals surface area contributed by atoms with Crippen LogP contribution in [0.5, 0.6) is 0 Å². The first-order valence-electron chi connectivity index (χ1n) is 5.43. The quantitative estimate of drug-likeness (QED) is 0.879. The van der Waals surface area contributed by atoms with Gasteiger partial charge in [0, 0.05) is 11.1 Å². The van der Waals surface area contributed by atoms with Crippen molar-refractivity contribution >= 4 is 27.8 Å². The van der Waals surface area contributed by atoms with E-state index in [0.717, 1.165) is 16.6 Å². The van der Waals surface area contributed by atoms with Crippen LogP contribution in [0.15, 0.2) is 16.6 Å². The molecule has 1 saturated heterocycles. The molecule has 92 valence electrons. The summed E-state index contributed by atoms with van der Waals surface area (Å²) >= 11 is 3.36. The number of aryl methyl sites for hydroxylation is 1. The zero-order chi connectivity index (χ0) is 12.3. The maximum Gasteiger partial charge on any atom is 0.320 e. The molecule has 2 heterocycles. The molecular weight excluding hydrogens is 286 g/mol. The van der Waals surface area contributed by atoms with Crippen molar-refractivity contribution in [2.24, 2.45) is 0 Å². The van der Waals surface area contributed by atoms with E-state index in [2.05, 4.69) is 31.5 Å². The molecule has 0 bridgehead atoms. The van der Waals surface area contributed by atoms with Gasteiger partial charge in [-0.25, -0.2) is 9.78 Å². The highest BCUT2D eigenvalue weighted by molar-refractivity contribution is 9.10. The summed E-state index contributed by atoms with van der Waals surface area (Å²) in [5.74, 6) is 0.544. The van der Waals surface area contributed by atoms with E-state index in [1.165, 1.54) is 0 Å². The minimum Gasteiger partial charge on any atom is -0.379 e. The van der Waals surface area contributed by atoms with Crippen LogP contribution >= 0.6 is 15.9 Å². The third-order valence-electron chi connectivity index (χ3n) is 2.53. The normalized spacial score (nSPS) is 19.1. The number of nitrogens with one attached hydrogen (secondary N) is 2. The first-order chi connectivity index (χ1) is 8.15. The fourth-order valence-corrected chi connectivity index (χ4v) is 1.82. The Kier molecular flexibility index (Phi) is 3.96. The summed E-state index contributed by atoms with van der Waals surface area (Å²) in [7, 11) is 0. The van der Waals surface area contributed by atoms with E-state index in [-0.39, 0.29) is 12.1 Å². The van der Waals surface area contributed by atoms with Crippen molar-refractivity contribution in [3.8, 4) is 0 Å². The standard InChI is InChI=1S/C11H14BrN3O2/c1-7-9(12)2-3-10(13-7)15-11(16)14-8-4-5-17-6-8/h2-3,8H,4-6H2,1H3,(H2,13,14,15,16). The molecule has 0 spiro atoms. The molecule has 5 nitrogen and oxygen atoms in total. The molecular formula is C11H14BrN3O2. The van der Waals surface area contributed by atoms with Gasteiger partial charge in [-0.2, -0.15) is 0 Å². The highest BCUT2D eigenvalue weighted by Gasteiger charge is 2.17. The highest BCUT2D eigenvalue weighted by atomic mass is 79.9. The Bertz CT molecular complexity index is 419. The van der Waals surface area contributed by atoms with Gasteiger partial charge in [-0.3, -0.25) is 5.32 Å². The van der Waals surface area contributed by atoms with Crippen LogP contribution in [0.25, 0.3) is 0 Å². The second kappa shape index (κ2) is 5.46. The van der Waals surface area contributed by atoms with Crippen molar-refractivity contribution in [1.82, 2.24) is 10.3 Å². The topological polar surface area (TPSA) is 63.2 Å². The fourth-order valence-electron chi connectivity index (χ4n) is 1.60. The lowest BCUT2D eigenvalue weighted by molar-refractivity contribution is 0.189. The number of anilines is 1. The predicted octanol–water partition coefficient (Wildman–Crippen LogP) is 2.06. The van der Waals surface area contributed by atoms with Crippen molar-refractivity contribution in [2.45, 2.75) is 19.4 Å². The molecule has 1 unspecified atom stereocenters. The molecule has 6 heteroatoms. The van der Waals surface area contributed by atoms with Gasteiger partial charge in [0.05, 0.1) is 18.3 Å². The predicted molar refractivity (Wildman–Crippen MR) is 68.1 cm³/mol. The summed E-state index contributed by atoms with van der Waals surface area (Å²) in [5, 5.41) is 5.53. The molecule has 1 aromatic heterocycles. The lowest BCUT2D eigenvalue weighted by Crippen LogP contribution is -2.38. The molecule has 1 fully saturated rings. The molecule has 2 amide bonds. The number of urea groups is 1. The maximum atomic E-state index is 11.6. The highest BCUT2D eigenvalue weighted by Crippen LogP contribution is 2.16. The first kappa shape index (κ1) is 12.3. The number of ether oxygens (including phenoxy) is 1. The molecule has 0 saturated carbocycles. The number of carbonyl (C=O) groups excluding carboxylic acids is 1. The van der Waals surface area contributed by atoms with E-state index in [4.69, 9.17) is 4.74 Å². The van der Waals surface area contributed by atoms with Crippen LogP contribution in [0.2, 0.25) is 0 Å². The molecule has 0 radical (unpaired) electrons.